The summed E-state index contributed by atoms with van der Waals surface area (Å²) in [6, 6.07) is 15.5. The van der Waals surface area contributed by atoms with E-state index in [4.69, 9.17) is 4.74 Å². The van der Waals surface area contributed by atoms with Gasteiger partial charge in [0, 0.05) is 12.8 Å². The van der Waals surface area contributed by atoms with E-state index in [1.807, 2.05) is 30.3 Å². The molecule has 0 saturated heterocycles. The van der Waals surface area contributed by atoms with Crippen molar-refractivity contribution in [2.75, 3.05) is 12.9 Å². The summed E-state index contributed by atoms with van der Waals surface area (Å²) in [6.07, 6.45) is 1.14. The lowest BCUT2D eigenvalue weighted by Gasteiger charge is -2.08. The minimum atomic E-state index is -3.22. The number of nitrogens with one attached hydrogen (secondary N) is 1. The first-order valence-electron chi connectivity index (χ1n) is 6.69. The van der Waals surface area contributed by atoms with Gasteiger partial charge in [-0.2, -0.15) is 0 Å². The lowest BCUT2D eigenvalue weighted by Crippen LogP contribution is -2.28. The van der Waals surface area contributed by atoms with E-state index in [9.17, 15) is 13.2 Å². The van der Waals surface area contributed by atoms with Crippen LogP contribution in [0.4, 0.5) is 0 Å². The second kappa shape index (κ2) is 7.09. The van der Waals surface area contributed by atoms with Crippen LogP contribution >= 0.6 is 0 Å². The van der Waals surface area contributed by atoms with Crippen LogP contribution in [0.1, 0.15) is 5.56 Å². The molecule has 0 aliphatic heterocycles. The van der Waals surface area contributed by atoms with Crippen LogP contribution in [0.25, 0.3) is 0 Å². The third kappa shape index (κ3) is 4.89. The summed E-state index contributed by atoms with van der Waals surface area (Å²) >= 11 is 0. The highest BCUT2D eigenvalue weighted by molar-refractivity contribution is 7.90. The van der Waals surface area contributed by atoms with Crippen molar-refractivity contribution in [1.82, 2.24) is 5.32 Å². The van der Waals surface area contributed by atoms with E-state index >= 15 is 0 Å². The average molecular weight is 319 g/mol. The number of amides is 1. The molecule has 1 N–H and O–H groups in total. The topological polar surface area (TPSA) is 72.5 Å². The van der Waals surface area contributed by atoms with Crippen LogP contribution in [0.5, 0.6) is 5.75 Å². The Bertz CT molecular complexity index is 725. The molecule has 0 bridgehead atoms. The third-order valence-corrected chi connectivity index (χ3v) is 4.08. The highest BCUT2D eigenvalue weighted by atomic mass is 32.2. The van der Waals surface area contributed by atoms with Gasteiger partial charge < -0.3 is 10.1 Å². The van der Waals surface area contributed by atoms with E-state index in [0.29, 0.717) is 12.3 Å². The number of benzene rings is 2. The van der Waals surface area contributed by atoms with Crippen molar-refractivity contribution in [3.05, 3.63) is 60.2 Å². The highest BCUT2D eigenvalue weighted by Crippen LogP contribution is 2.15. The summed E-state index contributed by atoms with van der Waals surface area (Å²) < 4.78 is 28.0. The second-order valence-corrected chi connectivity index (χ2v) is 6.81. The van der Waals surface area contributed by atoms with E-state index in [1.165, 1.54) is 24.3 Å². The lowest BCUT2D eigenvalue weighted by molar-refractivity contribution is -0.123. The van der Waals surface area contributed by atoms with Gasteiger partial charge in [0.05, 0.1) is 4.90 Å². The van der Waals surface area contributed by atoms with Gasteiger partial charge in [0.1, 0.15) is 5.75 Å². The molecule has 2 aromatic carbocycles. The molecule has 0 aromatic heterocycles. The molecule has 116 valence electrons. The van der Waals surface area contributed by atoms with Crippen molar-refractivity contribution in [2.24, 2.45) is 0 Å². The Morgan fingerprint density at radius 2 is 1.68 bits per heavy atom. The summed E-state index contributed by atoms with van der Waals surface area (Å²) in [5.41, 5.74) is 1.01. The zero-order chi connectivity index (χ0) is 16.0. The summed E-state index contributed by atoms with van der Waals surface area (Å²) in [5.74, 6) is 0.207. The number of rotatable bonds is 6. The van der Waals surface area contributed by atoms with Crippen LogP contribution < -0.4 is 10.1 Å². The van der Waals surface area contributed by atoms with Gasteiger partial charge in [0.2, 0.25) is 0 Å². The summed E-state index contributed by atoms with van der Waals surface area (Å²) in [6.45, 7) is 0.321. The van der Waals surface area contributed by atoms with E-state index < -0.39 is 9.84 Å². The Morgan fingerprint density at radius 3 is 2.27 bits per heavy atom. The molecule has 2 rings (SSSR count). The van der Waals surface area contributed by atoms with Crippen molar-refractivity contribution in [3.63, 3.8) is 0 Å². The molecular weight excluding hydrogens is 302 g/mol. The molecule has 22 heavy (non-hydrogen) atoms. The van der Waals surface area contributed by atoms with Crippen LogP contribution in [-0.2, 0) is 21.2 Å². The monoisotopic (exact) mass is 319 g/mol. The summed E-state index contributed by atoms with van der Waals surface area (Å²) in [7, 11) is -3.22. The first-order chi connectivity index (χ1) is 10.4. The number of hydrogen-bond acceptors (Lipinski definition) is 4. The average Bonchev–Trinajstić information content (AvgIpc) is 2.51. The Labute approximate surface area is 129 Å². The minimum Gasteiger partial charge on any atom is -0.484 e. The molecule has 0 fully saturated rings. The van der Waals surface area contributed by atoms with Crippen molar-refractivity contribution >= 4 is 15.7 Å². The van der Waals surface area contributed by atoms with Crippen LogP contribution in [0.15, 0.2) is 59.5 Å². The van der Waals surface area contributed by atoms with E-state index in [-0.39, 0.29) is 17.4 Å². The second-order valence-electron chi connectivity index (χ2n) is 4.79. The lowest BCUT2D eigenvalue weighted by atomic mass is 10.2. The van der Waals surface area contributed by atoms with Crippen molar-refractivity contribution < 1.29 is 17.9 Å². The molecule has 0 atom stereocenters. The van der Waals surface area contributed by atoms with Crippen LogP contribution in [0, 0.1) is 0 Å². The SMILES string of the molecule is CS(=O)(=O)c1ccc(OCC(=O)NCc2ccccc2)cc1. The molecule has 6 heteroatoms. The molecule has 0 saturated carbocycles. The first kappa shape index (κ1) is 16.0. The van der Waals surface area contributed by atoms with Gasteiger partial charge in [0.25, 0.3) is 5.91 Å². The first-order valence-corrected chi connectivity index (χ1v) is 8.58. The van der Waals surface area contributed by atoms with E-state index in [0.717, 1.165) is 11.8 Å². The smallest absolute Gasteiger partial charge is 0.258 e. The number of ether oxygens (including phenoxy) is 1. The van der Waals surface area contributed by atoms with Crippen LogP contribution in [0.2, 0.25) is 0 Å². The van der Waals surface area contributed by atoms with Crippen LogP contribution in [0.3, 0.4) is 0 Å². The van der Waals surface area contributed by atoms with Gasteiger partial charge in [0.15, 0.2) is 16.4 Å². The number of sulfone groups is 1. The quantitative estimate of drug-likeness (QED) is 0.881. The molecule has 0 heterocycles. The maximum Gasteiger partial charge on any atom is 0.258 e. The fourth-order valence-electron chi connectivity index (χ4n) is 1.78. The van der Waals surface area contributed by atoms with Gasteiger partial charge in [-0.1, -0.05) is 30.3 Å². The molecule has 5 nitrogen and oxygen atoms in total. The Hall–Kier alpha value is -2.34. The van der Waals surface area contributed by atoms with E-state index in [2.05, 4.69) is 5.32 Å². The fourth-order valence-corrected chi connectivity index (χ4v) is 2.41. The third-order valence-electron chi connectivity index (χ3n) is 2.95. The summed E-state index contributed by atoms with van der Waals surface area (Å²) in [4.78, 5) is 11.9. The number of hydrogen-bond donors (Lipinski definition) is 1. The molecular formula is C16H17NO4S. The van der Waals surface area contributed by atoms with Gasteiger partial charge in [-0.15, -0.1) is 0 Å². The zero-order valence-corrected chi connectivity index (χ0v) is 13.0. The van der Waals surface area contributed by atoms with Gasteiger partial charge >= 0.3 is 0 Å². The summed E-state index contributed by atoms with van der Waals surface area (Å²) in [5, 5.41) is 2.75. The molecule has 1 amide bonds. The standard InChI is InChI=1S/C16H17NO4S/c1-22(19,20)15-9-7-14(8-10-15)21-12-16(18)17-11-13-5-3-2-4-6-13/h2-10H,11-12H2,1H3,(H,17,18). The van der Waals surface area contributed by atoms with Crippen LogP contribution in [-0.4, -0.2) is 27.2 Å². The predicted molar refractivity (Wildman–Crippen MR) is 83.3 cm³/mol. The predicted octanol–water partition coefficient (Wildman–Crippen LogP) is 1.79. The molecule has 2 aromatic rings. The maximum atomic E-state index is 11.7. The molecule has 0 radical (unpaired) electrons. The van der Waals surface area contributed by atoms with Crippen molar-refractivity contribution in [3.8, 4) is 5.75 Å². The molecule has 0 aliphatic carbocycles. The Kier molecular flexibility index (Phi) is 5.16. The maximum absolute atomic E-state index is 11.7. The van der Waals surface area contributed by atoms with E-state index in [1.54, 1.807) is 0 Å². The minimum absolute atomic E-state index is 0.120. The van der Waals surface area contributed by atoms with Gasteiger partial charge in [-0.25, -0.2) is 8.42 Å². The zero-order valence-electron chi connectivity index (χ0n) is 12.2. The highest BCUT2D eigenvalue weighted by Gasteiger charge is 2.07. The van der Waals surface area contributed by atoms with Gasteiger partial charge in [-0.05, 0) is 29.8 Å². The molecule has 0 unspecified atom stereocenters. The number of carbonyl (C=O) groups excluding carboxylic acids is 1. The normalized spacial score (nSPS) is 11.0. The van der Waals surface area contributed by atoms with Crippen molar-refractivity contribution in [2.45, 2.75) is 11.4 Å². The molecule has 0 aliphatic rings. The Balaban J connectivity index is 1.81. The number of carbonyl (C=O) groups is 1. The van der Waals surface area contributed by atoms with Gasteiger partial charge in [-0.3, -0.25) is 4.79 Å². The fraction of sp³-hybridized carbons (Fsp3) is 0.188. The molecule has 0 spiro atoms. The largest absolute Gasteiger partial charge is 0.484 e. The Morgan fingerprint density at radius 1 is 1.05 bits per heavy atom. The van der Waals surface area contributed by atoms with Crippen molar-refractivity contribution in [1.29, 1.82) is 0 Å².